The molecule has 1 atom stereocenters. The molecule has 6 nitrogen and oxygen atoms in total. The molecule has 2 heterocycles. The van der Waals surface area contributed by atoms with Crippen molar-refractivity contribution < 1.29 is 14.3 Å². The van der Waals surface area contributed by atoms with E-state index in [4.69, 9.17) is 21.1 Å². The van der Waals surface area contributed by atoms with Crippen molar-refractivity contribution in [2.45, 2.75) is 31.4 Å². The zero-order valence-electron chi connectivity index (χ0n) is 22.2. The fourth-order valence-electron chi connectivity index (χ4n) is 4.49. The van der Waals surface area contributed by atoms with Crippen LogP contribution in [-0.4, -0.2) is 23.4 Å². The molecule has 204 valence electrons. The molecule has 1 aliphatic rings. The van der Waals surface area contributed by atoms with Gasteiger partial charge in [0.2, 0.25) is 0 Å². The second-order valence-corrected chi connectivity index (χ2v) is 11.4. The van der Waals surface area contributed by atoms with E-state index in [0.717, 1.165) is 21.6 Å². The van der Waals surface area contributed by atoms with E-state index >= 15 is 0 Å². The predicted octanol–water partition coefficient (Wildman–Crippen LogP) is 5.75. The number of allylic oxidation sites excluding steroid dienone is 1. The summed E-state index contributed by atoms with van der Waals surface area (Å²) in [7, 11) is 0. The summed E-state index contributed by atoms with van der Waals surface area (Å²) in [4.78, 5) is 33.2. The SMILES string of the molecule is CCOC(=O)C1=C(C)N=c2s/c(=C/c3cccc(OCc4ccc(Cl)cc4)c3)c(=O)n2[C@H]1c1ccc(SC)cc1. The van der Waals surface area contributed by atoms with Crippen LogP contribution in [0.4, 0.5) is 0 Å². The molecule has 0 amide bonds. The Bertz CT molecular complexity index is 1760. The third-order valence-corrected chi connectivity index (χ3v) is 8.40. The lowest BCUT2D eigenvalue weighted by molar-refractivity contribution is -0.139. The average Bonchev–Trinajstić information content (AvgIpc) is 3.26. The summed E-state index contributed by atoms with van der Waals surface area (Å²) in [6, 6.07) is 22.3. The minimum atomic E-state index is -0.637. The highest BCUT2D eigenvalue weighted by atomic mass is 35.5. The predicted molar refractivity (Wildman–Crippen MR) is 161 cm³/mol. The molecule has 0 spiro atoms. The Morgan fingerprint density at radius 2 is 1.88 bits per heavy atom. The molecular formula is C31H27ClN2O4S2. The Balaban J connectivity index is 1.53. The number of carbonyl (C=O) groups excluding carboxylic acids is 1. The number of halogens is 1. The lowest BCUT2D eigenvalue weighted by Gasteiger charge is -2.24. The number of rotatable bonds is 8. The quantitative estimate of drug-likeness (QED) is 0.193. The van der Waals surface area contributed by atoms with Gasteiger partial charge in [0.15, 0.2) is 4.80 Å². The summed E-state index contributed by atoms with van der Waals surface area (Å²) in [5.41, 5.74) is 3.34. The lowest BCUT2D eigenvalue weighted by atomic mass is 9.96. The highest BCUT2D eigenvalue weighted by molar-refractivity contribution is 7.98. The van der Waals surface area contributed by atoms with Crippen molar-refractivity contribution in [3.8, 4) is 5.75 Å². The van der Waals surface area contributed by atoms with Crippen molar-refractivity contribution >= 4 is 46.7 Å². The van der Waals surface area contributed by atoms with Gasteiger partial charge in [-0.2, -0.15) is 0 Å². The van der Waals surface area contributed by atoms with Crippen molar-refractivity contribution in [2.75, 3.05) is 12.9 Å². The van der Waals surface area contributed by atoms with E-state index in [9.17, 15) is 9.59 Å². The summed E-state index contributed by atoms with van der Waals surface area (Å²) in [6.07, 6.45) is 3.83. The van der Waals surface area contributed by atoms with Crippen LogP contribution >= 0.6 is 34.7 Å². The fraction of sp³-hybridized carbons (Fsp3) is 0.194. The number of ether oxygens (including phenoxy) is 2. The number of hydrogen-bond donors (Lipinski definition) is 0. The molecule has 5 rings (SSSR count). The molecule has 0 bridgehead atoms. The minimum Gasteiger partial charge on any atom is -0.489 e. The fourth-order valence-corrected chi connectivity index (χ4v) is 6.07. The number of benzene rings is 3. The molecular weight excluding hydrogens is 564 g/mol. The first-order valence-electron chi connectivity index (χ1n) is 12.7. The maximum Gasteiger partial charge on any atom is 0.338 e. The van der Waals surface area contributed by atoms with Crippen molar-refractivity contribution in [3.63, 3.8) is 0 Å². The number of nitrogens with zero attached hydrogens (tertiary/aromatic N) is 2. The maximum atomic E-state index is 13.8. The van der Waals surface area contributed by atoms with Crippen LogP contribution in [0.25, 0.3) is 6.08 Å². The molecule has 3 aromatic carbocycles. The zero-order chi connectivity index (χ0) is 28.2. The van der Waals surface area contributed by atoms with Crippen LogP contribution in [0.15, 0.2) is 98.7 Å². The van der Waals surface area contributed by atoms with Crippen LogP contribution in [0.2, 0.25) is 5.02 Å². The van der Waals surface area contributed by atoms with Gasteiger partial charge in [0, 0.05) is 9.92 Å². The van der Waals surface area contributed by atoms with Crippen LogP contribution < -0.4 is 19.6 Å². The standard InChI is InChI=1S/C31H27ClN2O4S2/c1-4-37-30(36)27-19(2)33-31-34(28(27)22-10-14-25(39-3)15-11-22)29(35)26(40-31)17-21-6-5-7-24(16-21)38-18-20-8-12-23(32)13-9-20/h5-17,28H,4,18H2,1-3H3/b26-17+/t28-/m0/s1. The average molecular weight is 591 g/mol. The molecule has 0 N–H and O–H groups in total. The van der Waals surface area contributed by atoms with Crippen molar-refractivity contribution in [1.82, 2.24) is 4.57 Å². The van der Waals surface area contributed by atoms with Crippen molar-refractivity contribution in [2.24, 2.45) is 4.99 Å². The summed E-state index contributed by atoms with van der Waals surface area (Å²) in [6.45, 7) is 4.18. The van der Waals surface area contributed by atoms with E-state index in [1.807, 2.05) is 85.1 Å². The van der Waals surface area contributed by atoms with E-state index in [1.54, 1.807) is 30.2 Å². The minimum absolute atomic E-state index is 0.218. The third kappa shape index (κ3) is 5.94. The van der Waals surface area contributed by atoms with Gasteiger partial charge in [-0.1, -0.05) is 59.3 Å². The Morgan fingerprint density at radius 3 is 2.58 bits per heavy atom. The van der Waals surface area contributed by atoms with Crippen molar-refractivity contribution in [3.05, 3.63) is 125 Å². The van der Waals surface area contributed by atoms with Crippen LogP contribution in [0.1, 0.15) is 36.6 Å². The number of thioether (sulfide) groups is 1. The zero-order valence-corrected chi connectivity index (χ0v) is 24.6. The van der Waals surface area contributed by atoms with Gasteiger partial charge >= 0.3 is 5.97 Å². The van der Waals surface area contributed by atoms with Gasteiger partial charge in [-0.25, -0.2) is 9.79 Å². The second-order valence-electron chi connectivity index (χ2n) is 9.06. The second kappa shape index (κ2) is 12.3. The Kier molecular flexibility index (Phi) is 8.59. The Hall–Kier alpha value is -3.59. The van der Waals surface area contributed by atoms with E-state index in [-0.39, 0.29) is 12.2 Å². The van der Waals surface area contributed by atoms with Crippen LogP contribution in [-0.2, 0) is 16.1 Å². The van der Waals surface area contributed by atoms with E-state index in [0.29, 0.717) is 38.0 Å². The van der Waals surface area contributed by atoms with Gasteiger partial charge in [0.25, 0.3) is 5.56 Å². The number of aromatic nitrogens is 1. The number of carbonyl (C=O) groups is 1. The Labute approximate surface area is 245 Å². The van der Waals surface area contributed by atoms with Gasteiger partial charge in [-0.05, 0) is 79.3 Å². The smallest absolute Gasteiger partial charge is 0.338 e. The molecule has 9 heteroatoms. The largest absolute Gasteiger partial charge is 0.489 e. The summed E-state index contributed by atoms with van der Waals surface area (Å²) >= 11 is 8.90. The lowest BCUT2D eigenvalue weighted by Crippen LogP contribution is -2.39. The molecule has 0 radical (unpaired) electrons. The first kappa shape index (κ1) is 28.0. The van der Waals surface area contributed by atoms with Gasteiger partial charge < -0.3 is 9.47 Å². The van der Waals surface area contributed by atoms with Gasteiger partial charge in [0.1, 0.15) is 12.4 Å². The Morgan fingerprint density at radius 1 is 1.12 bits per heavy atom. The monoisotopic (exact) mass is 590 g/mol. The van der Waals surface area contributed by atoms with E-state index in [1.165, 1.54) is 11.3 Å². The van der Waals surface area contributed by atoms with Crippen LogP contribution in [0, 0.1) is 0 Å². The first-order valence-corrected chi connectivity index (χ1v) is 15.1. The number of thiazole rings is 1. The van der Waals surface area contributed by atoms with Crippen LogP contribution in [0.3, 0.4) is 0 Å². The molecule has 1 aliphatic heterocycles. The molecule has 4 aromatic rings. The summed E-state index contributed by atoms with van der Waals surface area (Å²) < 4.78 is 13.5. The third-order valence-electron chi connectivity index (χ3n) is 6.42. The molecule has 0 unspecified atom stereocenters. The maximum absolute atomic E-state index is 13.8. The number of fused-ring (bicyclic) bond motifs is 1. The van der Waals surface area contributed by atoms with Gasteiger partial charge in [0.05, 0.1) is 28.5 Å². The number of hydrogen-bond acceptors (Lipinski definition) is 7. The summed E-state index contributed by atoms with van der Waals surface area (Å²) in [5, 5.41) is 0.677. The topological polar surface area (TPSA) is 69.9 Å². The van der Waals surface area contributed by atoms with Crippen LogP contribution in [0.5, 0.6) is 5.75 Å². The molecule has 40 heavy (non-hydrogen) atoms. The van der Waals surface area contributed by atoms with Gasteiger partial charge in [-0.3, -0.25) is 9.36 Å². The molecule has 0 saturated heterocycles. The van der Waals surface area contributed by atoms with E-state index < -0.39 is 12.0 Å². The molecule has 1 aromatic heterocycles. The highest BCUT2D eigenvalue weighted by Gasteiger charge is 2.33. The summed E-state index contributed by atoms with van der Waals surface area (Å²) in [5.74, 6) is 0.214. The normalized spacial score (nSPS) is 15.0. The highest BCUT2D eigenvalue weighted by Crippen LogP contribution is 2.31. The molecule has 0 fully saturated rings. The van der Waals surface area contributed by atoms with E-state index in [2.05, 4.69) is 4.99 Å². The first-order chi connectivity index (χ1) is 19.4. The molecule has 0 saturated carbocycles. The number of esters is 1. The molecule has 0 aliphatic carbocycles. The van der Waals surface area contributed by atoms with Crippen molar-refractivity contribution in [1.29, 1.82) is 0 Å². The van der Waals surface area contributed by atoms with Gasteiger partial charge in [-0.15, -0.1) is 11.8 Å².